The molecule has 0 spiro atoms. The predicted molar refractivity (Wildman–Crippen MR) is 77.8 cm³/mol. The quantitative estimate of drug-likeness (QED) is 0.783. The Hall–Kier alpha value is -2.69. The summed E-state index contributed by atoms with van der Waals surface area (Å²) in [6.45, 7) is 0. The lowest BCUT2D eigenvalue weighted by Crippen LogP contribution is -2.05. The second-order valence-electron chi connectivity index (χ2n) is 5.22. The Labute approximate surface area is 120 Å². The maximum absolute atomic E-state index is 11.4. The maximum Gasteiger partial charge on any atom is 0.356 e. The van der Waals surface area contributed by atoms with Gasteiger partial charge in [-0.25, -0.2) is 9.48 Å². The number of nitrogens with zero attached hydrogens (tertiary/aromatic N) is 3. The number of rotatable bonds is 2. The maximum atomic E-state index is 11.4. The molecule has 4 rings (SSSR count). The van der Waals surface area contributed by atoms with Crippen LogP contribution in [0.5, 0.6) is 0 Å². The van der Waals surface area contributed by atoms with Gasteiger partial charge >= 0.3 is 5.97 Å². The molecule has 5 heteroatoms. The van der Waals surface area contributed by atoms with Gasteiger partial charge in [-0.05, 0) is 31.4 Å². The van der Waals surface area contributed by atoms with E-state index in [0.29, 0.717) is 0 Å². The van der Waals surface area contributed by atoms with Crippen molar-refractivity contribution in [2.75, 3.05) is 0 Å². The first kappa shape index (κ1) is 12.1. The fourth-order valence-electron chi connectivity index (χ4n) is 3.10. The number of carboxylic acid groups (broad SMARTS) is 1. The molecule has 0 saturated heterocycles. The fraction of sp³-hybridized carbons (Fsp3) is 0.188. The molecular formula is C16H13N3O2. The minimum absolute atomic E-state index is 0.188. The topological polar surface area (TPSA) is 68.0 Å². The number of carboxylic acids is 1. The van der Waals surface area contributed by atoms with Crippen LogP contribution in [0.2, 0.25) is 0 Å². The van der Waals surface area contributed by atoms with Crippen LogP contribution < -0.4 is 0 Å². The van der Waals surface area contributed by atoms with Crippen LogP contribution >= 0.6 is 0 Å². The number of hydrogen-bond donors (Lipinski definition) is 1. The van der Waals surface area contributed by atoms with Crippen LogP contribution in [-0.2, 0) is 12.8 Å². The summed E-state index contributed by atoms with van der Waals surface area (Å²) >= 11 is 0. The number of hydrogen-bond acceptors (Lipinski definition) is 3. The summed E-state index contributed by atoms with van der Waals surface area (Å²) in [5, 5.41) is 15.7. The van der Waals surface area contributed by atoms with Crippen molar-refractivity contribution in [3.63, 3.8) is 0 Å². The number of pyridine rings is 1. The predicted octanol–water partition coefficient (Wildman–Crippen LogP) is 2.61. The minimum Gasteiger partial charge on any atom is -0.476 e. The first-order valence-electron chi connectivity index (χ1n) is 6.93. The molecule has 0 fully saturated rings. The van der Waals surface area contributed by atoms with E-state index < -0.39 is 5.97 Å². The molecule has 2 heterocycles. The van der Waals surface area contributed by atoms with Crippen LogP contribution in [0.4, 0.5) is 0 Å². The van der Waals surface area contributed by atoms with Crippen molar-refractivity contribution < 1.29 is 9.90 Å². The highest BCUT2D eigenvalue weighted by Crippen LogP contribution is 2.30. The highest BCUT2D eigenvalue weighted by atomic mass is 16.4. The molecule has 1 aliphatic rings. The van der Waals surface area contributed by atoms with E-state index in [2.05, 4.69) is 10.1 Å². The van der Waals surface area contributed by atoms with Gasteiger partial charge in [0.1, 0.15) is 0 Å². The van der Waals surface area contributed by atoms with Crippen molar-refractivity contribution >= 4 is 16.7 Å². The lowest BCUT2D eigenvalue weighted by molar-refractivity contribution is 0.0689. The standard InChI is InChI=1S/C16H13N3O2/c20-16(21)15-12-4-2-6-14(12)19(18-15)13-5-1-3-10-9-17-8-7-11(10)13/h1,3,5,7-9H,2,4,6H2,(H,20,21). The highest BCUT2D eigenvalue weighted by molar-refractivity contribution is 5.91. The molecular weight excluding hydrogens is 266 g/mol. The van der Waals surface area contributed by atoms with E-state index in [1.165, 1.54) is 0 Å². The first-order valence-corrected chi connectivity index (χ1v) is 6.93. The smallest absolute Gasteiger partial charge is 0.356 e. The summed E-state index contributed by atoms with van der Waals surface area (Å²) in [5.74, 6) is -0.950. The Kier molecular flexibility index (Phi) is 2.54. The van der Waals surface area contributed by atoms with E-state index in [0.717, 1.165) is 47.0 Å². The molecule has 1 aliphatic carbocycles. The summed E-state index contributed by atoms with van der Waals surface area (Å²) in [4.78, 5) is 15.5. The molecule has 3 aromatic rings. The van der Waals surface area contributed by atoms with Crippen molar-refractivity contribution in [2.45, 2.75) is 19.3 Å². The molecule has 0 atom stereocenters. The van der Waals surface area contributed by atoms with Gasteiger partial charge in [0.15, 0.2) is 5.69 Å². The lowest BCUT2D eigenvalue weighted by Gasteiger charge is -2.09. The molecule has 1 aromatic carbocycles. The molecule has 0 aliphatic heterocycles. The van der Waals surface area contributed by atoms with Crippen LogP contribution in [0.25, 0.3) is 16.5 Å². The Bertz CT molecular complexity index is 862. The molecule has 0 amide bonds. The Morgan fingerprint density at radius 2 is 2.14 bits per heavy atom. The number of aromatic carboxylic acids is 1. The van der Waals surface area contributed by atoms with Crippen LogP contribution in [-0.4, -0.2) is 25.8 Å². The molecule has 104 valence electrons. The molecule has 5 nitrogen and oxygen atoms in total. The van der Waals surface area contributed by atoms with Crippen molar-refractivity contribution in [3.8, 4) is 5.69 Å². The van der Waals surface area contributed by atoms with Gasteiger partial charge in [0, 0.05) is 34.4 Å². The first-order chi connectivity index (χ1) is 10.3. The van der Waals surface area contributed by atoms with Gasteiger partial charge in [-0.3, -0.25) is 4.98 Å². The number of fused-ring (bicyclic) bond motifs is 2. The normalized spacial score (nSPS) is 13.5. The van der Waals surface area contributed by atoms with Crippen molar-refractivity contribution in [1.29, 1.82) is 0 Å². The van der Waals surface area contributed by atoms with Crippen molar-refractivity contribution in [3.05, 3.63) is 53.6 Å². The van der Waals surface area contributed by atoms with E-state index in [-0.39, 0.29) is 5.69 Å². The summed E-state index contributed by atoms with van der Waals surface area (Å²) in [6.07, 6.45) is 6.20. The SMILES string of the molecule is O=C(O)c1nn(-c2cccc3cnccc23)c2c1CCC2. The van der Waals surface area contributed by atoms with Crippen LogP contribution in [0.3, 0.4) is 0 Å². The van der Waals surface area contributed by atoms with Gasteiger partial charge < -0.3 is 5.11 Å². The minimum atomic E-state index is -0.950. The lowest BCUT2D eigenvalue weighted by atomic mass is 10.1. The highest BCUT2D eigenvalue weighted by Gasteiger charge is 2.27. The third kappa shape index (κ3) is 1.74. The monoisotopic (exact) mass is 279 g/mol. The zero-order valence-corrected chi connectivity index (χ0v) is 11.3. The average Bonchev–Trinajstić information content (AvgIpc) is 3.08. The fourth-order valence-corrected chi connectivity index (χ4v) is 3.10. The summed E-state index contributed by atoms with van der Waals surface area (Å²) < 4.78 is 1.80. The molecule has 0 saturated carbocycles. The molecule has 1 N–H and O–H groups in total. The zero-order valence-electron chi connectivity index (χ0n) is 11.3. The number of carbonyl (C=O) groups is 1. The van der Waals surface area contributed by atoms with Crippen molar-refractivity contribution in [2.24, 2.45) is 0 Å². The molecule has 0 bridgehead atoms. The Morgan fingerprint density at radius 1 is 1.24 bits per heavy atom. The van der Waals surface area contributed by atoms with Gasteiger partial charge in [0.25, 0.3) is 0 Å². The van der Waals surface area contributed by atoms with Gasteiger partial charge in [0.2, 0.25) is 0 Å². The van der Waals surface area contributed by atoms with E-state index in [1.807, 2.05) is 24.3 Å². The Balaban J connectivity index is 2.02. The third-order valence-electron chi connectivity index (χ3n) is 4.02. The van der Waals surface area contributed by atoms with E-state index in [9.17, 15) is 9.90 Å². The van der Waals surface area contributed by atoms with E-state index in [4.69, 9.17) is 0 Å². The summed E-state index contributed by atoms with van der Waals surface area (Å²) in [6, 6.07) is 7.85. The molecule has 0 unspecified atom stereocenters. The number of benzene rings is 1. The van der Waals surface area contributed by atoms with Gasteiger partial charge in [-0.1, -0.05) is 12.1 Å². The van der Waals surface area contributed by atoms with E-state index >= 15 is 0 Å². The zero-order chi connectivity index (χ0) is 14.4. The van der Waals surface area contributed by atoms with Gasteiger partial charge in [-0.2, -0.15) is 5.10 Å². The van der Waals surface area contributed by atoms with E-state index in [1.54, 1.807) is 17.1 Å². The van der Waals surface area contributed by atoms with Gasteiger partial charge in [0.05, 0.1) is 5.69 Å². The van der Waals surface area contributed by atoms with Crippen LogP contribution in [0, 0.1) is 0 Å². The molecule has 0 radical (unpaired) electrons. The second kappa shape index (κ2) is 4.41. The summed E-state index contributed by atoms with van der Waals surface area (Å²) in [5.41, 5.74) is 3.01. The Morgan fingerprint density at radius 3 is 3.00 bits per heavy atom. The molecule has 21 heavy (non-hydrogen) atoms. The largest absolute Gasteiger partial charge is 0.476 e. The average molecular weight is 279 g/mol. The number of aromatic nitrogens is 3. The van der Waals surface area contributed by atoms with Gasteiger partial charge in [-0.15, -0.1) is 0 Å². The summed E-state index contributed by atoms with van der Waals surface area (Å²) in [7, 11) is 0. The van der Waals surface area contributed by atoms with Crippen LogP contribution in [0.15, 0.2) is 36.7 Å². The molecule has 2 aromatic heterocycles. The van der Waals surface area contributed by atoms with Crippen molar-refractivity contribution in [1.82, 2.24) is 14.8 Å². The van der Waals surface area contributed by atoms with Crippen LogP contribution in [0.1, 0.15) is 28.2 Å². The third-order valence-corrected chi connectivity index (χ3v) is 4.02. The second-order valence-corrected chi connectivity index (χ2v) is 5.22.